The van der Waals surface area contributed by atoms with Crippen molar-refractivity contribution < 1.29 is 9.53 Å². The van der Waals surface area contributed by atoms with Crippen LogP contribution in [0.4, 0.5) is 0 Å². The van der Waals surface area contributed by atoms with Crippen LogP contribution in [0.5, 0.6) is 0 Å². The van der Waals surface area contributed by atoms with Gasteiger partial charge in [-0.05, 0) is 6.42 Å². The molecule has 0 aliphatic carbocycles. The molecule has 15 heavy (non-hydrogen) atoms. The van der Waals surface area contributed by atoms with E-state index in [4.69, 9.17) is 5.73 Å². The van der Waals surface area contributed by atoms with Crippen molar-refractivity contribution in [1.82, 2.24) is 5.32 Å². The van der Waals surface area contributed by atoms with Crippen molar-refractivity contribution in [1.29, 1.82) is 0 Å². The Labute approximate surface area is 90.4 Å². The number of rotatable bonds is 6. The largest absolute Gasteiger partial charge is 0.464 e. The third-order valence-electron chi connectivity index (χ3n) is 1.80. The van der Waals surface area contributed by atoms with Crippen molar-refractivity contribution in [3.63, 3.8) is 0 Å². The quantitative estimate of drug-likeness (QED) is 0.290. The predicted octanol–water partition coefficient (Wildman–Crippen LogP) is 0.420. The molecule has 0 amide bonds. The summed E-state index contributed by atoms with van der Waals surface area (Å²) in [7, 11) is 2.91. The van der Waals surface area contributed by atoms with Gasteiger partial charge in [0.1, 0.15) is 5.70 Å². The molecule has 0 aromatic carbocycles. The highest BCUT2D eigenvalue weighted by Gasteiger charge is 2.09. The van der Waals surface area contributed by atoms with Crippen LogP contribution >= 0.6 is 0 Å². The first-order valence-corrected chi connectivity index (χ1v) is 4.91. The summed E-state index contributed by atoms with van der Waals surface area (Å²) >= 11 is 0. The van der Waals surface area contributed by atoms with Crippen molar-refractivity contribution in [3.05, 3.63) is 11.4 Å². The molecule has 0 heterocycles. The highest BCUT2D eigenvalue weighted by atomic mass is 16.5. The van der Waals surface area contributed by atoms with E-state index < -0.39 is 5.97 Å². The molecule has 0 atom stereocenters. The lowest BCUT2D eigenvalue weighted by Crippen LogP contribution is -2.25. The zero-order valence-electron chi connectivity index (χ0n) is 9.54. The Bertz CT molecular complexity index is 259. The van der Waals surface area contributed by atoms with E-state index in [1.807, 2.05) is 0 Å². The monoisotopic (exact) mass is 213 g/mol. The first-order valence-electron chi connectivity index (χ1n) is 4.91. The van der Waals surface area contributed by atoms with Crippen molar-refractivity contribution in [2.75, 3.05) is 20.7 Å². The molecule has 0 aliphatic heterocycles. The molecule has 86 valence electrons. The number of hydrogen-bond acceptors (Lipinski definition) is 5. The fourth-order valence-corrected chi connectivity index (χ4v) is 0.959. The van der Waals surface area contributed by atoms with Crippen LogP contribution in [0, 0.1) is 0 Å². The smallest absolute Gasteiger partial charge is 0.356 e. The van der Waals surface area contributed by atoms with Gasteiger partial charge < -0.3 is 15.8 Å². The second kappa shape index (κ2) is 7.84. The van der Waals surface area contributed by atoms with Crippen LogP contribution in [-0.2, 0) is 9.53 Å². The number of esters is 1. The number of aliphatic imine (C=N–C) groups is 1. The summed E-state index contributed by atoms with van der Waals surface area (Å²) in [5.74, 6) is -0.547. The van der Waals surface area contributed by atoms with Gasteiger partial charge in [-0.25, -0.2) is 4.79 Å². The molecule has 5 heteroatoms. The van der Waals surface area contributed by atoms with Crippen LogP contribution in [0.3, 0.4) is 0 Å². The second-order valence-corrected chi connectivity index (χ2v) is 2.99. The van der Waals surface area contributed by atoms with Gasteiger partial charge in [-0.1, -0.05) is 13.3 Å². The lowest BCUT2D eigenvalue weighted by atomic mass is 10.3. The number of unbranched alkanes of at least 4 members (excludes halogenated alkanes) is 1. The minimum atomic E-state index is -0.547. The van der Waals surface area contributed by atoms with Gasteiger partial charge in [-0.2, -0.15) is 0 Å². The van der Waals surface area contributed by atoms with Crippen molar-refractivity contribution in [3.8, 4) is 0 Å². The SMILES string of the molecule is CCCCNC(C=NC)=C(N)C(=O)OC. The predicted molar refractivity (Wildman–Crippen MR) is 60.6 cm³/mol. The average Bonchev–Trinajstić information content (AvgIpc) is 2.26. The number of hydrogen-bond donors (Lipinski definition) is 2. The molecule has 3 N–H and O–H groups in total. The average molecular weight is 213 g/mol. The van der Waals surface area contributed by atoms with E-state index in [-0.39, 0.29) is 5.70 Å². The Hall–Kier alpha value is -1.52. The van der Waals surface area contributed by atoms with Gasteiger partial charge in [0.25, 0.3) is 0 Å². The van der Waals surface area contributed by atoms with Gasteiger partial charge in [0.05, 0.1) is 12.8 Å². The van der Waals surface area contributed by atoms with E-state index in [1.165, 1.54) is 13.3 Å². The van der Waals surface area contributed by atoms with Crippen LogP contribution in [0.1, 0.15) is 19.8 Å². The molecule has 0 saturated heterocycles. The standard InChI is InChI=1S/C10H19N3O2/c1-4-5-6-13-8(7-12-2)9(11)10(14)15-3/h7,13H,4-6,11H2,1-3H3. The Morgan fingerprint density at radius 3 is 2.73 bits per heavy atom. The van der Waals surface area contributed by atoms with Crippen molar-refractivity contribution in [2.45, 2.75) is 19.8 Å². The third-order valence-corrected chi connectivity index (χ3v) is 1.80. The zero-order chi connectivity index (χ0) is 11.7. The first kappa shape index (κ1) is 13.5. The number of ether oxygens (including phenoxy) is 1. The van der Waals surface area contributed by atoms with Gasteiger partial charge in [-0.3, -0.25) is 4.99 Å². The van der Waals surface area contributed by atoms with Crippen LogP contribution in [0.2, 0.25) is 0 Å². The van der Waals surface area contributed by atoms with Crippen LogP contribution in [0.25, 0.3) is 0 Å². The van der Waals surface area contributed by atoms with Crippen LogP contribution in [-0.4, -0.2) is 32.9 Å². The Morgan fingerprint density at radius 1 is 1.60 bits per heavy atom. The Balaban J connectivity index is 4.54. The van der Waals surface area contributed by atoms with Gasteiger partial charge in [0.15, 0.2) is 0 Å². The summed E-state index contributed by atoms with van der Waals surface area (Å²) in [4.78, 5) is 15.0. The summed E-state index contributed by atoms with van der Waals surface area (Å²) in [6, 6.07) is 0. The number of nitrogens with two attached hydrogens (primary N) is 1. The lowest BCUT2D eigenvalue weighted by Gasteiger charge is -2.08. The maximum absolute atomic E-state index is 11.2. The molecule has 0 fully saturated rings. The zero-order valence-corrected chi connectivity index (χ0v) is 9.54. The molecule has 0 radical (unpaired) electrons. The molecule has 0 bridgehead atoms. The lowest BCUT2D eigenvalue weighted by molar-refractivity contribution is -0.136. The number of nitrogens with one attached hydrogen (secondary N) is 1. The Morgan fingerprint density at radius 2 is 2.27 bits per heavy atom. The van der Waals surface area contributed by atoms with Crippen LogP contribution in [0.15, 0.2) is 16.4 Å². The topological polar surface area (TPSA) is 76.7 Å². The third kappa shape index (κ3) is 5.05. The molecule has 0 saturated carbocycles. The second-order valence-electron chi connectivity index (χ2n) is 2.99. The molecular formula is C10H19N3O2. The fraction of sp³-hybridized carbons (Fsp3) is 0.600. The Kier molecular flexibility index (Phi) is 7.05. The minimum absolute atomic E-state index is 0.0548. The van der Waals surface area contributed by atoms with Gasteiger partial charge >= 0.3 is 5.97 Å². The molecule has 5 nitrogen and oxygen atoms in total. The fourth-order valence-electron chi connectivity index (χ4n) is 0.959. The molecule has 0 rings (SSSR count). The van der Waals surface area contributed by atoms with Crippen molar-refractivity contribution >= 4 is 12.2 Å². The maximum atomic E-state index is 11.2. The first-order chi connectivity index (χ1) is 7.17. The molecule has 0 aromatic heterocycles. The van der Waals surface area contributed by atoms with E-state index in [1.54, 1.807) is 7.05 Å². The number of allylic oxidation sites excluding steroid dienone is 1. The summed E-state index contributed by atoms with van der Waals surface area (Å²) in [5.41, 5.74) is 6.16. The molecular weight excluding hydrogens is 194 g/mol. The number of carbonyl (C=O) groups is 1. The van der Waals surface area contributed by atoms with E-state index >= 15 is 0 Å². The molecule has 0 aromatic rings. The number of carbonyl (C=O) groups excluding carboxylic acids is 1. The van der Waals surface area contributed by atoms with Gasteiger partial charge in [0, 0.05) is 19.8 Å². The summed E-state index contributed by atoms with van der Waals surface area (Å²) in [5, 5.41) is 3.04. The van der Waals surface area contributed by atoms with Gasteiger partial charge in [0.2, 0.25) is 0 Å². The normalized spacial score (nSPS) is 12.5. The highest BCUT2D eigenvalue weighted by molar-refractivity contribution is 5.95. The maximum Gasteiger partial charge on any atom is 0.356 e. The molecule has 0 aliphatic rings. The van der Waals surface area contributed by atoms with E-state index in [0.29, 0.717) is 5.70 Å². The molecule has 0 unspecified atom stereocenters. The summed E-state index contributed by atoms with van der Waals surface area (Å²) in [6.07, 6.45) is 3.60. The van der Waals surface area contributed by atoms with E-state index in [0.717, 1.165) is 19.4 Å². The van der Waals surface area contributed by atoms with Crippen molar-refractivity contribution in [2.24, 2.45) is 10.7 Å². The molecule has 0 spiro atoms. The van der Waals surface area contributed by atoms with E-state index in [9.17, 15) is 4.79 Å². The summed E-state index contributed by atoms with van der Waals surface area (Å²) in [6.45, 7) is 2.85. The number of nitrogens with zero attached hydrogens (tertiary/aromatic N) is 1. The minimum Gasteiger partial charge on any atom is -0.464 e. The highest BCUT2D eigenvalue weighted by Crippen LogP contribution is 1.96. The van der Waals surface area contributed by atoms with Gasteiger partial charge in [-0.15, -0.1) is 0 Å². The summed E-state index contributed by atoms with van der Waals surface area (Å²) < 4.78 is 4.52. The number of methoxy groups -OCH3 is 1. The van der Waals surface area contributed by atoms with Crippen LogP contribution < -0.4 is 11.1 Å². The van der Waals surface area contributed by atoms with E-state index in [2.05, 4.69) is 22.0 Å².